The summed E-state index contributed by atoms with van der Waals surface area (Å²) in [5.74, 6) is -5.06. The second-order valence-corrected chi connectivity index (χ2v) is 10.2. The first kappa shape index (κ1) is 32.6. The maximum absolute atomic E-state index is 15.3. The fourth-order valence-electron chi connectivity index (χ4n) is 4.16. The fourth-order valence-corrected chi connectivity index (χ4v) is 4.16. The van der Waals surface area contributed by atoms with E-state index in [1.54, 1.807) is 12.1 Å². The lowest BCUT2D eigenvalue weighted by Crippen LogP contribution is -2.44. The normalized spacial score (nSPS) is 19.3. The van der Waals surface area contributed by atoms with E-state index >= 15 is 8.78 Å². The van der Waals surface area contributed by atoms with Crippen LogP contribution in [-0.2, 0) is 23.8 Å². The number of nitrogens with zero attached hydrogens (tertiary/aromatic N) is 2. The number of hydrogen-bond donors (Lipinski definition) is 3. The average molecular weight is 595 g/mol. The van der Waals surface area contributed by atoms with Gasteiger partial charge in [0.25, 0.3) is 0 Å². The summed E-state index contributed by atoms with van der Waals surface area (Å²) >= 11 is 0. The van der Waals surface area contributed by atoms with Crippen molar-refractivity contribution in [1.82, 2.24) is 9.55 Å². The minimum Gasteiger partial charge on any atom is -0.453 e. The first-order chi connectivity index (χ1) is 20.0. The minimum absolute atomic E-state index is 0.0741. The number of halogens is 2. The van der Waals surface area contributed by atoms with Crippen molar-refractivity contribution < 1.29 is 42.5 Å². The maximum atomic E-state index is 15.3. The molecule has 1 aliphatic rings. The number of amides is 2. The molecule has 1 fully saturated rings. The van der Waals surface area contributed by atoms with Gasteiger partial charge in [0.2, 0.25) is 12.1 Å². The molecule has 3 atom stereocenters. The van der Waals surface area contributed by atoms with Crippen LogP contribution in [0.4, 0.5) is 25.1 Å². The van der Waals surface area contributed by atoms with E-state index in [0.29, 0.717) is 42.4 Å². The number of hydrogen-bond acceptors (Lipinski definition) is 9. The standard InChI is InChI=1S/C28H36F2N4O8/c1-18(2)17-40-27(39)33-21-14-15-34(26(38)32-21)25-28(29,30)24(20(16-35)41-25)42-23(37)13-9-4-3-8-12-22(36)31-19-10-6-5-7-11-19/h5-7,10-11,14-15,18,20,24-25,35H,3-4,8-9,12-13,16-17H2,1-2H3,(H,31,36)(H,32,33,38,39)/t20?,24-,25-/m1/s1. The number of carbonyl (C=O) groups excluding carboxylic acids is 3. The number of benzene rings is 1. The Kier molecular flexibility index (Phi) is 11.9. The molecule has 1 aromatic heterocycles. The Morgan fingerprint density at radius 2 is 1.76 bits per heavy atom. The number of aliphatic hydroxyl groups excluding tert-OH is 1. The van der Waals surface area contributed by atoms with Gasteiger partial charge in [-0.1, -0.05) is 44.9 Å². The van der Waals surface area contributed by atoms with Crippen molar-refractivity contribution in [2.24, 2.45) is 5.92 Å². The molecule has 1 saturated heterocycles. The summed E-state index contributed by atoms with van der Waals surface area (Å²) < 4.78 is 46.3. The smallest absolute Gasteiger partial charge is 0.412 e. The summed E-state index contributed by atoms with van der Waals surface area (Å²) in [6.45, 7) is 2.90. The highest BCUT2D eigenvalue weighted by molar-refractivity contribution is 5.90. The molecule has 0 spiro atoms. The number of unbranched alkanes of at least 4 members (excludes halogenated alkanes) is 3. The molecule has 230 valence electrons. The van der Waals surface area contributed by atoms with E-state index in [2.05, 4.69) is 15.6 Å². The van der Waals surface area contributed by atoms with Crippen molar-refractivity contribution in [3.63, 3.8) is 0 Å². The van der Waals surface area contributed by atoms with Gasteiger partial charge in [-0.25, -0.2) is 9.59 Å². The predicted octanol–water partition coefficient (Wildman–Crippen LogP) is 3.86. The Labute approximate surface area is 241 Å². The van der Waals surface area contributed by atoms with Gasteiger partial charge >= 0.3 is 23.7 Å². The predicted molar refractivity (Wildman–Crippen MR) is 147 cm³/mol. The summed E-state index contributed by atoms with van der Waals surface area (Å²) in [7, 11) is 0. The third-order valence-electron chi connectivity index (χ3n) is 6.24. The molecule has 2 aromatic rings. The molecule has 2 amide bonds. The van der Waals surface area contributed by atoms with Gasteiger partial charge in [0.05, 0.1) is 13.2 Å². The Balaban J connectivity index is 1.47. The van der Waals surface area contributed by atoms with Gasteiger partial charge < -0.3 is 24.6 Å². The van der Waals surface area contributed by atoms with Crippen LogP contribution in [-0.4, -0.2) is 64.0 Å². The number of alkyl halides is 2. The van der Waals surface area contributed by atoms with Crippen LogP contribution in [0.3, 0.4) is 0 Å². The zero-order chi connectivity index (χ0) is 30.7. The highest BCUT2D eigenvalue weighted by atomic mass is 19.3. The second kappa shape index (κ2) is 15.4. The number of esters is 1. The van der Waals surface area contributed by atoms with E-state index in [1.165, 1.54) is 0 Å². The summed E-state index contributed by atoms with van der Waals surface area (Å²) in [6.07, 6.45) is -3.54. The zero-order valence-corrected chi connectivity index (χ0v) is 23.5. The molecule has 3 N–H and O–H groups in total. The highest BCUT2D eigenvalue weighted by Crippen LogP contribution is 2.44. The van der Waals surface area contributed by atoms with Crippen molar-refractivity contribution in [2.45, 2.75) is 76.7 Å². The molecule has 1 aliphatic heterocycles. The van der Waals surface area contributed by atoms with Gasteiger partial charge in [0.1, 0.15) is 11.9 Å². The number of rotatable bonds is 14. The molecule has 1 aromatic carbocycles. The lowest BCUT2D eigenvalue weighted by atomic mass is 10.1. The summed E-state index contributed by atoms with van der Waals surface area (Å²) in [5, 5.41) is 14.6. The maximum Gasteiger partial charge on any atom is 0.412 e. The third-order valence-corrected chi connectivity index (χ3v) is 6.24. The van der Waals surface area contributed by atoms with Crippen LogP contribution in [0, 0.1) is 5.92 Å². The third kappa shape index (κ3) is 9.31. The van der Waals surface area contributed by atoms with Gasteiger partial charge in [-0.2, -0.15) is 13.8 Å². The van der Waals surface area contributed by atoms with Gasteiger partial charge in [-0.05, 0) is 37.0 Å². The summed E-state index contributed by atoms with van der Waals surface area (Å²) in [4.78, 5) is 52.2. The van der Waals surface area contributed by atoms with Gasteiger partial charge in [-0.15, -0.1) is 0 Å². The minimum atomic E-state index is -3.88. The van der Waals surface area contributed by atoms with Crippen LogP contribution in [0.2, 0.25) is 0 Å². The van der Waals surface area contributed by atoms with Crippen LogP contribution < -0.4 is 16.3 Å². The number of aromatic nitrogens is 2. The van der Waals surface area contributed by atoms with Crippen molar-refractivity contribution in [3.05, 3.63) is 53.1 Å². The molecule has 1 unspecified atom stereocenters. The number of aliphatic hydroxyl groups is 1. The Morgan fingerprint density at radius 1 is 1.07 bits per heavy atom. The van der Waals surface area contributed by atoms with Crippen LogP contribution in [0.15, 0.2) is 47.4 Å². The van der Waals surface area contributed by atoms with E-state index in [4.69, 9.17) is 14.2 Å². The van der Waals surface area contributed by atoms with E-state index in [0.717, 1.165) is 12.3 Å². The molecule has 0 saturated carbocycles. The molecule has 2 heterocycles. The van der Waals surface area contributed by atoms with E-state index in [-0.39, 0.29) is 30.7 Å². The Morgan fingerprint density at radius 3 is 2.40 bits per heavy atom. The van der Waals surface area contributed by atoms with Crippen LogP contribution in [0.25, 0.3) is 0 Å². The summed E-state index contributed by atoms with van der Waals surface area (Å²) in [5.41, 5.74) is -0.460. The van der Waals surface area contributed by atoms with Crippen molar-refractivity contribution >= 4 is 29.5 Å². The van der Waals surface area contributed by atoms with Crippen molar-refractivity contribution in [1.29, 1.82) is 0 Å². The topological polar surface area (TPSA) is 158 Å². The van der Waals surface area contributed by atoms with Gasteiger partial charge in [-0.3, -0.25) is 19.5 Å². The van der Waals surface area contributed by atoms with Crippen molar-refractivity contribution in [3.8, 4) is 0 Å². The number of ether oxygens (including phenoxy) is 3. The van der Waals surface area contributed by atoms with Crippen LogP contribution >= 0.6 is 0 Å². The van der Waals surface area contributed by atoms with E-state index in [1.807, 2.05) is 32.0 Å². The number of anilines is 2. The van der Waals surface area contributed by atoms with E-state index < -0.39 is 48.7 Å². The first-order valence-electron chi connectivity index (χ1n) is 13.7. The molecule has 12 nitrogen and oxygen atoms in total. The average Bonchev–Trinajstić information content (AvgIpc) is 3.19. The Bertz CT molecular complexity index is 1260. The number of para-hydroxylation sites is 1. The van der Waals surface area contributed by atoms with Crippen LogP contribution in [0.5, 0.6) is 0 Å². The zero-order valence-electron chi connectivity index (χ0n) is 23.5. The number of nitrogens with one attached hydrogen (secondary N) is 2. The van der Waals surface area contributed by atoms with Gasteiger partial charge in [0.15, 0.2) is 6.10 Å². The molecule has 14 heteroatoms. The lowest BCUT2D eigenvalue weighted by Gasteiger charge is -2.24. The molecule has 0 bridgehead atoms. The molecular weight excluding hydrogens is 558 g/mol. The molecular formula is C28H36F2N4O8. The Hall–Kier alpha value is -3.91. The lowest BCUT2D eigenvalue weighted by molar-refractivity contribution is -0.176. The fraction of sp³-hybridized carbons (Fsp3) is 0.536. The SMILES string of the molecule is CC(C)COC(=O)Nc1ccn([C@@H]2OC(CO)[C@@H](OC(=O)CCCCCCC(=O)Nc3ccccc3)C2(F)F)c(=O)n1. The second-order valence-electron chi connectivity index (χ2n) is 10.2. The largest absolute Gasteiger partial charge is 0.453 e. The molecule has 3 rings (SSSR count). The molecule has 42 heavy (non-hydrogen) atoms. The quantitative estimate of drug-likeness (QED) is 0.218. The monoisotopic (exact) mass is 594 g/mol. The number of carbonyl (C=O) groups is 3. The molecule has 0 aliphatic carbocycles. The van der Waals surface area contributed by atoms with Crippen LogP contribution in [0.1, 0.15) is 58.6 Å². The van der Waals surface area contributed by atoms with Crippen molar-refractivity contribution in [2.75, 3.05) is 23.8 Å². The van der Waals surface area contributed by atoms with E-state index in [9.17, 15) is 24.3 Å². The first-order valence-corrected chi connectivity index (χ1v) is 13.7. The van der Waals surface area contributed by atoms with Gasteiger partial charge in [0, 0.05) is 24.7 Å². The summed E-state index contributed by atoms with van der Waals surface area (Å²) in [6, 6.07) is 10.1. The highest BCUT2D eigenvalue weighted by Gasteiger charge is 2.62. The molecule has 0 radical (unpaired) electrons.